The van der Waals surface area contributed by atoms with E-state index in [1.54, 1.807) is 0 Å². The summed E-state index contributed by atoms with van der Waals surface area (Å²) in [5, 5.41) is 8.04. The van der Waals surface area contributed by atoms with Gasteiger partial charge in [-0.25, -0.2) is 19.9 Å². The van der Waals surface area contributed by atoms with Crippen LogP contribution in [-0.2, 0) is 0 Å². The van der Waals surface area contributed by atoms with Crippen molar-refractivity contribution in [2.24, 2.45) is 0 Å². The first-order valence-corrected chi connectivity index (χ1v) is 21.5. The molecule has 0 radical (unpaired) electrons. The summed E-state index contributed by atoms with van der Waals surface area (Å²) in [6.45, 7) is 0. The molecule has 0 fully saturated rings. The zero-order chi connectivity index (χ0) is 42.4. The van der Waals surface area contributed by atoms with Gasteiger partial charge in [-0.15, -0.1) is 0 Å². The number of pyridine rings is 2. The summed E-state index contributed by atoms with van der Waals surface area (Å²) in [6.07, 6.45) is 3.78. The van der Waals surface area contributed by atoms with Gasteiger partial charge in [0.15, 0.2) is 17.5 Å². The molecule has 0 aliphatic heterocycles. The maximum absolute atomic E-state index is 5.15. The average Bonchev–Trinajstić information content (AvgIpc) is 3.38. The molecule has 0 aliphatic carbocycles. The van der Waals surface area contributed by atoms with Crippen molar-refractivity contribution in [1.29, 1.82) is 0 Å². The first kappa shape index (κ1) is 37.1. The van der Waals surface area contributed by atoms with Crippen LogP contribution < -0.4 is 0 Å². The van der Waals surface area contributed by atoms with Gasteiger partial charge in [0.25, 0.3) is 0 Å². The number of fused-ring (bicyclic) bond motifs is 5. The van der Waals surface area contributed by atoms with Crippen LogP contribution in [0.1, 0.15) is 0 Å². The van der Waals surface area contributed by atoms with Gasteiger partial charge in [0.05, 0.1) is 11.2 Å². The Morgan fingerprint density at radius 1 is 0.250 bits per heavy atom. The predicted molar refractivity (Wildman–Crippen MR) is 263 cm³/mol. The number of hydrogen-bond donors (Lipinski definition) is 0. The maximum Gasteiger partial charge on any atom is 0.164 e. The molecule has 0 spiro atoms. The molecule has 5 heteroatoms. The summed E-state index contributed by atoms with van der Waals surface area (Å²) in [6, 6.07) is 74.7. The zero-order valence-electron chi connectivity index (χ0n) is 34.6. The van der Waals surface area contributed by atoms with Crippen molar-refractivity contribution in [3.63, 3.8) is 0 Å². The van der Waals surface area contributed by atoms with Crippen molar-refractivity contribution in [3.05, 3.63) is 225 Å². The molecule has 12 rings (SSSR count). The molecule has 64 heavy (non-hydrogen) atoms. The third kappa shape index (κ3) is 6.91. The summed E-state index contributed by atoms with van der Waals surface area (Å²) in [7, 11) is 0. The Bertz CT molecular complexity index is 3660. The molecular formula is C59H37N5. The lowest BCUT2D eigenvalue weighted by molar-refractivity contribution is 1.07. The van der Waals surface area contributed by atoms with Crippen LogP contribution in [0, 0.1) is 0 Å². The largest absolute Gasteiger partial charge is 0.264 e. The molecule has 298 valence electrons. The van der Waals surface area contributed by atoms with E-state index in [0.717, 1.165) is 82.6 Å². The zero-order valence-corrected chi connectivity index (χ0v) is 34.6. The van der Waals surface area contributed by atoms with Crippen LogP contribution in [0.5, 0.6) is 0 Å². The second-order valence-corrected chi connectivity index (χ2v) is 16.2. The predicted octanol–water partition coefficient (Wildman–Crippen LogP) is 14.9. The summed E-state index contributed by atoms with van der Waals surface area (Å²) in [5.41, 5.74) is 12.4. The number of aromatic nitrogens is 5. The van der Waals surface area contributed by atoms with E-state index < -0.39 is 0 Å². The summed E-state index contributed by atoms with van der Waals surface area (Å²) in [5.74, 6) is 1.86. The van der Waals surface area contributed by atoms with Gasteiger partial charge in [-0.2, -0.15) is 0 Å². The Balaban J connectivity index is 0.990. The number of rotatable bonds is 7. The van der Waals surface area contributed by atoms with Crippen LogP contribution in [-0.4, -0.2) is 24.9 Å². The lowest BCUT2D eigenvalue weighted by Gasteiger charge is -2.14. The molecule has 0 saturated carbocycles. The minimum absolute atomic E-state index is 0.610. The van der Waals surface area contributed by atoms with Crippen LogP contribution in [0.2, 0.25) is 0 Å². The molecule has 0 unspecified atom stereocenters. The quantitative estimate of drug-likeness (QED) is 0.150. The summed E-state index contributed by atoms with van der Waals surface area (Å²) < 4.78 is 0. The molecule has 3 heterocycles. The highest BCUT2D eigenvalue weighted by Crippen LogP contribution is 2.38. The van der Waals surface area contributed by atoms with Crippen LogP contribution in [0.25, 0.3) is 122 Å². The molecule has 0 bridgehead atoms. The molecule has 0 amide bonds. The van der Waals surface area contributed by atoms with Gasteiger partial charge in [-0.3, -0.25) is 4.98 Å². The Morgan fingerprint density at radius 3 is 1.41 bits per heavy atom. The maximum atomic E-state index is 5.15. The fourth-order valence-electron chi connectivity index (χ4n) is 8.84. The summed E-state index contributed by atoms with van der Waals surface area (Å²) >= 11 is 0. The Morgan fingerprint density at radius 2 is 0.719 bits per heavy atom. The molecule has 0 saturated heterocycles. The second kappa shape index (κ2) is 15.7. The van der Waals surface area contributed by atoms with Crippen molar-refractivity contribution in [3.8, 4) is 78.8 Å². The topological polar surface area (TPSA) is 64.5 Å². The first-order valence-electron chi connectivity index (χ1n) is 21.5. The fourth-order valence-corrected chi connectivity index (χ4v) is 8.84. The average molecular weight is 816 g/mol. The van der Waals surface area contributed by atoms with Crippen molar-refractivity contribution in [2.45, 2.75) is 0 Å². The molecular weight excluding hydrogens is 779 g/mol. The lowest BCUT2D eigenvalue weighted by atomic mass is 9.93. The number of hydrogen-bond acceptors (Lipinski definition) is 5. The van der Waals surface area contributed by atoms with Crippen molar-refractivity contribution in [2.75, 3.05) is 0 Å². The molecule has 12 aromatic rings. The number of benzene rings is 9. The van der Waals surface area contributed by atoms with Gasteiger partial charge in [0.2, 0.25) is 0 Å². The fraction of sp³-hybridized carbons (Fsp3) is 0. The SMILES string of the molecule is c1ccc(-c2nc(-c3ccccc3)nc(-c3cc(-c4ccc(-c5ccc6ccccc6c5)cc4)cc(-c4ccc5cc(-c6nc7ccccc7c7ccncc67)ccc5c4)c3)n2)cc1. The normalized spacial score (nSPS) is 11.4. The minimum atomic E-state index is 0.610. The molecule has 0 atom stereocenters. The van der Waals surface area contributed by atoms with E-state index in [1.807, 2.05) is 79.1 Å². The van der Waals surface area contributed by atoms with Crippen molar-refractivity contribution >= 4 is 43.2 Å². The number of para-hydroxylation sites is 1. The molecule has 9 aromatic carbocycles. The van der Waals surface area contributed by atoms with E-state index >= 15 is 0 Å². The van der Waals surface area contributed by atoms with Crippen molar-refractivity contribution in [1.82, 2.24) is 24.9 Å². The van der Waals surface area contributed by atoms with Crippen LogP contribution >= 0.6 is 0 Å². The van der Waals surface area contributed by atoms with Gasteiger partial charge in [0.1, 0.15) is 0 Å². The van der Waals surface area contributed by atoms with Crippen LogP contribution in [0.3, 0.4) is 0 Å². The van der Waals surface area contributed by atoms with Gasteiger partial charge >= 0.3 is 0 Å². The third-order valence-corrected chi connectivity index (χ3v) is 12.1. The molecule has 0 aliphatic rings. The van der Waals surface area contributed by atoms with Gasteiger partial charge in [-0.05, 0) is 109 Å². The Hall–Kier alpha value is -8.67. The van der Waals surface area contributed by atoms with Gasteiger partial charge < -0.3 is 0 Å². The van der Waals surface area contributed by atoms with E-state index in [0.29, 0.717) is 17.5 Å². The highest BCUT2D eigenvalue weighted by molar-refractivity contribution is 6.11. The smallest absolute Gasteiger partial charge is 0.164 e. The van der Waals surface area contributed by atoms with E-state index in [2.05, 4.69) is 151 Å². The molecule has 5 nitrogen and oxygen atoms in total. The van der Waals surface area contributed by atoms with E-state index in [4.69, 9.17) is 19.9 Å². The number of nitrogens with zero attached hydrogens (tertiary/aromatic N) is 5. The Kier molecular flexibility index (Phi) is 9.08. The monoisotopic (exact) mass is 815 g/mol. The summed E-state index contributed by atoms with van der Waals surface area (Å²) in [4.78, 5) is 24.9. The minimum Gasteiger partial charge on any atom is -0.264 e. The standard InChI is InChI=1S/C59H37N5/c1-3-12-41(13-4-1)57-62-58(42-14-5-2-6-15-42)64-59(63-57)51-35-49(40-21-19-39(20-22-40)44-24-23-38-11-7-8-16-43(38)31-44)34-50(36-51)47-26-25-46-33-48(28-27-45(46)32-47)56-54-37-60-30-29-52(54)53-17-9-10-18-55(53)61-56/h1-37H. The van der Waals surface area contributed by atoms with Crippen molar-refractivity contribution < 1.29 is 0 Å². The van der Waals surface area contributed by atoms with Crippen LogP contribution in [0.15, 0.2) is 225 Å². The second-order valence-electron chi connectivity index (χ2n) is 16.2. The molecule has 0 N–H and O–H groups in total. The van der Waals surface area contributed by atoms with E-state index in [9.17, 15) is 0 Å². The highest BCUT2D eigenvalue weighted by atomic mass is 15.0. The first-order chi connectivity index (χ1) is 31.7. The van der Waals surface area contributed by atoms with Gasteiger partial charge in [-0.1, -0.05) is 164 Å². The van der Waals surface area contributed by atoms with E-state index in [-0.39, 0.29) is 0 Å². The lowest BCUT2D eigenvalue weighted by Crippen LogP contribution is -2.00. The third-order valence-electron chi connectivity index (χ3n) is 12.1. The molecule has 3 aromatic heterocycles. The van der Waals surface area contributed by atoms with Crippen LogP contribution in [0.4, 0.5) is 0 Å². The highest BCUT2D eigenvalue weighted by Gasteiger charge is 2.16. The Labute approximate surface area is 370 Å². The van der Waals surface area contributed by atoms with E-state index in [1.165, 1.54) is 21.9 Å². The van der Waals surface area contributed by atoms with Gasteiger partial charge in [0, 0.05) is 45.4 Å².